The number of sulfone groups is 1. The number of benzene rings is 1. The second kappa shape index (κ2) is 5.15. The molecule has 3 nitrogen and oxygen atoms in total. The fraction of sp³-hybridized carbons (Fsp3) is 0.625. The van der Waals surface area contributed by atoms with E-state index >= 15 is 0 Å². The van der Waals surface area contributed by atoms with Crippen molar-refractivity contribution >= 4 is 9.84 Å². The topological polar surface area (TPSA) is 54.4 Å². The molecule has 20 heavy (non-hydrogen) atoms. The van der Waals surface area contributed by atoms with Gasteiger partial charge in [0.2, 0.25) is 0 Å². The molecule has 1 N–H and O–H groups in total. The van der Waals surface area contributed by atoms with Gasteiger partial charge < -0.3 is 5.11 Å². The van der Waals surface area contributed by atoms with Gasteiger partial charge in [-0.15, -0.1) is 0 Å². The SMILES string of the molecule is O=S(=O)(c1ccccc1)[C@@H]1C[C@@H]2CCCCCC[C@@]21O. The quantitative estimate of drug-likeness (QED) is 0.912. The molecular formula is C16H22O3S. The average Bonchev–Trinajstić information content (AvgIpc) is 2.44. The van der Waals surface area contributed by atoms with E-state index in [9.17, 15) is 13.5 Å². The highest BCUT2D eigenvalue weighted by Gasteiger charge is 2.58. The highest BCUT2D eigenvalue weighted by Crippen LogP contribution is 2.51. The van der Waals surface area contributed by atoms with Crippen LogP contribution in [0.25, 0.3) is 0 Å². The van der Waals surface area contributed by atoms with E-state index in [2.05, 4.69) is 0 Å². The average molecular weight is 294 g/mol. The monoisotopic (exact) mass is 294 g/mol. The molecule has 0 saturated heterocycles. The predicted molar refractivity (Wildman–Crippen MR) is 78.2 cm³/mol. The van der Waals surface area contributed by atoms with E-state index < -0.39 is 20.7 Å². The molecule has 2 fully saturated rings. The van der Waals surface area contributed by atoms with Crippen LogP contribution >= 0.6 is 0 Å². The number of rotatable bonds is 2. The first kappa shape index (κ1) is 14.1. The molecule has 1 aromatic rings. The van der Waals surface area contributed by atoms with Crippen LogP contribution in [0.4, 0.5) is 0 Å². The third kappa shape index (κ3) is 2.19. The lowest BCUT2D eigenvalue weighted by molar-refractivity contribution is -0.103. The van der Waals surface area contributed by atoms with E-state index in [1.54, 1.807) is 24.3 Å². The molecule has 2 aliphatic rings. The first-order valence-corrected chi connectivity index (χ1v) is 9.11. The minimum absolute atomic E-state index is 0.172. The standard InChI is InChI=1S/C16H22O3S/c17-16-11-7-2-1-4-8-13(16)12-15(16)20(18,19)14-9-5-3-6-10-14/h3,5-6,9-10,13,15,17H,1-2,4,7-8,11-12H2/t13-,15+,16+/m0/s1. The van der Waals surface area contributed by atoms with Gasteiger partial charge in [0, 0.05) is 0 Å². The first-order chi connectivity index (χ1) is 9.55. The van der Waals surface area contributed by atoms with E-state index in [0.717, 1.165) is 25.7 Å². The lowest BCUT2D eigenvalue weighted by atomic mass is 9.63. The van der Waals surface area contributed by atoms with Gasteiger partial charge in [-0.05, 0) is 37.3 Å². The van der Waals surface area contributed by atoms with Gasteiger partial charge >= 0.3 is 0 Å². The Morgan fingerprint density at radius 2 is 1.75 bits per heavy atom. The maximum absolute atomic E-state index is 12.7. The molecule has 4 heteroatoms. The fourth-order valence-corrected chi connectivity index (χ4v) is 6.02. The highest BCUT2D eigenvalue weighted by molar-refractivity contribution is 7.92. The summed E-state index contributed by atoms with van der Waals surface area (Å²) < 4.78 is 25.4. The maximum Gasteiger partial charge on any atom is 0.184 e. The minimum atomic E-state index is -3.41. The number of hydrogen-bond acceptors (Lipinski definition) is 3. The van der Waals surface area contributed by atoms with Gasteiger partial charge in [-0.1, -0.05) is 43.9 Å². The van der Waals surface area contributed by atoms with Crippen LogP contribution in [-0.4, -0.2) is 24.4 Å². The van der Waals surface area contributed by atoms with Gasteiger partial charge in [0.1, 0.15) is 0 Å². The molecule has 3 rings (SSSR count). The maximum atomic E-state index is 12.7. The van der Waals surface area contributed by atoms with Crippen molar-refractivity contribution in [1.29, 1.82) is 0 Å². The molecule has 2 aliphatic carbocycles. The Morgan fingerprint density at radius 1 is 1.05 bits per heavy atom. The summed E-state index contributed by atoms with van der Waals surface area (Å²) in [6, 6.07) is 8.56. The van der Waals surface area contributed by atoms with Crippen molar-refractivity contribution < 1.29 is 13.5 Å². The summed E-state index contributed by atoms with van der Waals surface area (Å²) in [5.41, 5.74) is -0.991. The third-order valence-corrected chi connectivity index (χ3v) is 7.37. The van der Waals surface area contributed by atoms with Gasteiger partial charge in [0.05, 0.1) is 15.7 Å². The van der Waals surface area contributed by atoms with Crippen LogP contribution < -0.4 is 0 Å². The summed E-state index contributed by atoms with van der Waals surface area (Å²) in [6.07, 6.45) is 6.59. The molecule has 1 aromatic carbocycles. The molecule has 0 aromatic heterocycles. The molecule has 0 aliphatic heterocycles. The van der Waals surface area contributed by atoms with E-state index in [1.807, 2.05) is 6.07 Å². The zero-order valence-electron chi connectivity index (χ0n) is 11.7. The lowest BCUT2D eigenvalue weighted by Gasteiger charge is -2.53. The van der Waals surface area contributed by atoms with Crippen LogP contribution in [0.15, 0.2) is 35.2 Å². The molecule has 0 amide bonds. The zero-order chi connectivity index (χ0) is 14.2. The Hall–Kier alpha value is -0.870. The van der Waals surface area contributed by atoms with Crippen molar-refractivity contribution in [3.63, 3.8) is 0 Å². The van der Waals surface area contributed by atoms with Crippen molar-refractivity contribution in [2.75, 3.05) is 0 Å². The van der Waals surface area contributed by atoms with Crippen molar-refractivity contribution in [3.05, 3.63) is 30.3 Å². The lowest BCUT2D eigenvalue weighted by Crippen LogP contribution is -2.62. The smallest absolute Gasteiger partial charge is 0.184 e. The number of aliphatic hydroxyl groups is 1. The van der Waals surface area contributed by atoms with Crippen LogP contribution in [0.5, 0.6) is 0 Å². The number of hydrogen-bond donors (Lipinski definition) is 1. The molecule has 2 saturated carbocycles. The van der Waals surface area contributed by atoms with E-state index in [0.29, 0.717) is 17.7 Å². The van der Waals surface area contributed by atoms with Crippen LogP contribution in [0, 0.1) is 5.92 Å². The Bertz CT molecular complexity index is 567. The van der Waals surface area contributed by atoms with E-state index in [4.69, 9.17) is 0 Å². The molecule has 0 heterocycles. The van der Waals surface area contributed by atoms with E-state index in [-0.39, 0.29) is 5.92 Å². The molecule has 3 atom stereocenters. The molecule has 0 bridgehead atoms. The summed E-state index contributed by atoms with van der Waals surface area (Å²) in [7, 11) is -3.41. The van der Waals surface area contributed by atoms with Crippen LogP contribution in [0.2, 0.25) is 0 Å². The minimum Gasteiger partial charge on any atom is -0.388 e. The van der Waals surface area contributed by atoms with Crippen LogP contribution in [-0.2, 0) is 9.84 Å². The second-order valence-corrected chi connectivity index (χ2v) is 8.35. The predicted octanol–water partition coefficient (Wildman–Crippen LogP) is 2.93. The van der Waals surface area contributed by atoms with Gasteiger partial charge in [-0.3, -0.25) is 0 Å². The Balaban J connectivity index is 1.88. The second-order valence-electron chi connectivity index (χ2n) is 6.22. The summed E-state index contributed by atoms with van der Waals surface area (Å²) >= 11 is 0. The van der Waals surface area contributed by atoms with Gasteiger partial charge in [0.15, 0.2) is 9.84 Å². The summed E-state index contributed by atoms with van der Waals surface area (Å²) in [6.45, 7) is 0. The van der Waals surface area contributed by atoms with Crippen molar-refractivity contribution in [2.45, 2.75) is 60.7 Å². The Kier molecular flexibility index (Phi) is 3.63. The highest BCUT2D eigenvalue weighted by atomic mass is 32.2. The van der Waals surface area contributed by atoms with Crippen molar-refractivity contribution in [3.8, 4) is 0 Å². The Labute approximate surface area is 120 Å². The normalized spacial score (nSPS) is 34.5. The Morgan fingerprint density at radius 3 is 2.50 bits per heavy atom. The number of fused-ring (bicyclic) bond motifs is 1. The van der Waals surface area contributed by atoms with Crippen molar-refractivity contribution in [2.24, 2.45) is 5.92 Å². The van der Waals surface area contributed by atoms with E-state index in [1.165, 1.54) is 6.42 Å². The van der Waals surface area contributed by atoms with Crippen molar-refractivity contribution in [1.82, 2.24) is 0 Å². The summed E-state index contributed by atoms with van der Waals surface area (Å²) in [5, 5.41) is 10.3. The summed E-state index contributed by atoms with van der Waals surface area (Å²) in [4.78, 5) is 0.346. The fourth-order valence-electron chi connectivity index (χ4n) is 3.82. The zero-order valence-corrected chi connectivity index (χ0v) is 12.5. The largest absolute Gasteiger partial charge is 0.388 e. The van der Waals surface area contributed by atoms with Crippen LogP contribution in [0.1, 0.15) is 44.9 Å². The summed E-state index contributed by atoms with van der Waals surface area (Å²) in [5.74, 6) is 0.172. The first-order valence-electron chi connectivity index (χ1n) is 7.56. The van der Waals surface area contributed by atoms with Gasteiger partial charge in [-0.25, -0.2) is 8.42 Å². The molecule has 110 valence electrons. The van der Waals surface area contributed by atoms with Gasteiger partial charge in [0.25, 0.3) is 0 Å². The van der Waals surface area contributed by atoms with Gasteiger partial charge in [-0.2, -0.15) is 0 Å². The van der Waals surface area contributed by atoms with Crippen LogP contribution in [0.3, 0.4) is 0 Å². The molecular weight excluding hydrogens is 272 g/mol. The molecule has 0 radical (unpaired) electrons. The molecule has 0 spiro atoms. The third-order valence-electron chi connectivity index (χ3n) is 5.09. The molecule has 0 unspecified atom stereocenters.